The molecule has 1 unspecified atom stereocenters. The molecular formula is C13H20N4O. The molecule has 0 aromatic carbocycles. The van der Waals surface area contributed by atoms with Crippen molar-refractivity contribution < 1.29 is 4.79 Å². The van der Waals surface area contributed by atoms with Crippen LogP contribution < -0.4 is 4.90 Å². The first-order valence-electron chi connectivity index (χ1n) is 6.20. The van der Waals surface area contributed by atoms with Gasteiger partial charge in [-0.3, -0.25) is 9.48 Å². The van der Waals surface area contributed by atoms with Crippen LogP contribution in [0.3, 0.4) is 0 Å². The Labute approximate surface area is 108 Å². The molecule has 1 fully saturated rings. The molecule has 0 N–H and O–H groups in total. The van der Waals surface area contributed by atoms with Crippen LogP contribution in [0.4, 0.5) is 5.69 Å². The molecule has 0 radical (unpaired) electrons. The fourth-order valence-corrected chi connectivity index (χ4v) is 2.06. The monoisotopic (exact) mass is 248 g/mol. The Morgan fingerprint density at radius 3 is 3.00 bits per heavy atom. The third-order valence-electron chi connectivity index (χ3n) is 3.20. The molecule has 18 heavy (non-hydrogen) atoms. The first-order valence-corrected chi connectivity index (χ1v) is 6.20. The molecule has 1 aliphatic heterocycles. The lowest BCUT2D eigenvalue weighted by Crippen LogP contribution is -2.24. The summed E-state index contributed by atoms with van der Waals surface area (Å²) in [6.45, 7) is 6.25. The lowest BCUT2D eigenvalue weighted by molar-refractivity contribution is -0.117. The predicted octanol–water partition coefficient (Wildman–Crippen LogP) is 0.984. The number of hydrogen-bond acceptors (Lipinski definition) is 3. The summed E-state index contributed by atoms with van der Waals surface area (Å²) in [7, 11) is 4.06. The fourth-order valence-electron chi connectivity index (χ4n) is 2.06. The molecule has 1 aromatic heterocycles. The van der Waals surface area contributed by atoms with E-state index in [1.54, 1.807) is 11.1 Å². The van der Waals surface area contributed by atoms with Crippen LogP contribution in [-0.4, -0.2) is 47.8 Å². The average Bonchev–Trinajstić information content (AvgIpc) is 2.92. The van der Waals surface area contributed by atoms with E-state index in [1.807, 2.05) is 31.1 Å². The molecule has 1 aromatic rings. The lowest BCUT2D eigenvalue weighted by atomic mass is 10.1. The highest BCUT2D eigenvalue weighted by Gasteiger charge is 2.29. The van der Waals surface area contributed by atoms with Crippen molar-refractivity contribution in [2.75, 3.05) is 32.1 Å². The number of amides is 1. The zero-order valence-corrected chi connectivity index (χ0v) is 11.0. The van der Waals surface area contributed by atoms with E-state index in [1.165, 1.54) is 0 Å². The van der Waals surface area contributed by atoms with Gasteiger partial charge in [0, 0.05) is 31.6 Å². The standard InChI is InChI=1S/C13H20N4O/c1-4-11-7-13(18)17(9-11)12-8-14-16(10-12)6-5-15(2)3/h4,8,10-11H,1,5-7,9H2,2-3H3. The molecule has 5 nitrogen and oxygen atoms in total. The summed E-state index contributed by atoms with van der Waals surface area (Å²) >= 11 is 0. The Morgan fingerprint density at radius 1 is 1.61 bits per heavy atom. The summed E-state index contributed by atoms with van der Waals surface area (Å²) in [5.74, 6) is 0.426. The van der Waals surface area contributed by atoms with Crippen molar-refractivity contribution in [3.05, 3.63) is 25.0 Å². The van der Waals surface area contributed by atoms with Gasteiger partial charge in [-0.05, 0) is 14.1 Å². The first kappa shape index (κ1) is 12.8. The van der Waals surface area contributed by atoms with Gasteiger partial charge >= 0.3 is 0 Å². The van der Waals surface area contributed by atoms with E-state index >= 15 is 0 Å². The van der Waals surface area contributed by atoms with Crippen LogP contribution in [0.15, 0.2) is 25.0 Å². The quantitative estimate of drug-likeness (QED) is 0.730. The number of hydrogen-bond donors (Lipinski definition) is 0. The Morgan fingerprint density at radius 2 is 2.39 bits per heavy atom. The van der Waals surface area contributed by atoms with Crippen LogP contribution in [0, 0.1) is 5.92 Å². The van der Waals surface area contributed by atoms with E-state index < -0.39 is 0 Å². The Hall–Kier alpha value is -1.62. The highest BCUT2D eigenvalue weighted by Crippen LogP contribution is 2.24. The van der Waals surface area contributed by atoms with Gasteiger partial charge in [0.05, 0.1) is 18.4 Å². The average molecular weight is 248 g/mol. The van der Waals surface area contributed by atoms with E-state index in [0.717, 1.165) is 25.3 Å². The maximum absolute atomic E-state index is 11.9. The maximum Gasteiger partial charge on any atom is 0.227 e. The summed E-state index contributed by atoms with van der Waals surface area (Å²) in [5, 5.41) is 4.29. The SMILES string of the molecule is C=CC1CC(=O)N(c2cnn(CCN(C)C)c2)C1. The topological polar surface area (TPSA) is 41.4 Å². The van der Waals surface area contributed by atoms with Gasteiger partial charge in [0.2, 0.25) is 5.91 Å². The minimum atomic E-state index is 0.159. The first-order chi connectivity index (χ1) is 8.60. The molecule has 5 heteroatoms. The van der Waals surface area contributed by atoms with Crippen molar-refractivity contribution in [2.45, 2.75) is 13.0 Å². The molecule has 0 saturated carbocycles. The van der Waals surface area contributed by atoms with Gasteiger partial charge in [-0.2, -0.15) is 5.10 Å². The summed E-state index contributed by atoms with van der Waals surface area (Å²) in [6.07, 6.45) is 6.12. The van der Waals surface area contributed by atoms with Gasteiger partial charge in [-0.25, -0.2) is 0 Å². The predicted molar refractivity (Wildman–Crippen MR) is 71.4 cm³/mol. The summed E-state index contributed by atoms with van der Waals surface area (Å²) in [4.78, 5) is 15.8. The van der Waals surface area contributed by atoms with Crippen LogP contribution in [0.25, 0.3) is 0 Å². The smallest absolute Gasteiger partial charge is 0.227 e. The number of carbonyl (C=O) groups is 1. The highest BCUT2D eigenvalue weighted by molar-refractivity contribution is 5.95. The van der Waals surface area contributed by atoms with Crippen molar-refractivity contribution in [3.63, 3.8) is 0 Å². The second-order valence-corrected chi connectivity index (χ2v) is 4.97. The van der Waals surface area contributed by atoms with Crippen LogP contribution in [-0.2, 0) is 11.3 Å². The van der Waals surface area contributed by atoms with Crippen molar-refractivity contribution in [3.8, 4) is 0 Å². The minimum Gasteiger partial charge on any atom is -0.309 e. The van der Waals surface area contributed by atoms with E-state index in [9.17, 15) is 4.79 Å². The van der Waals surface area contributed by atoms with E-state index in [4.69, 9.17) is 0 Å². The second-order valence-electron chi connectivity index (χ2n) is 4.97. The zero-order valence-electron chi connectivity index (χ0n) is 11.0. The van der Waals surface area contributed by atoms with Crippen molar-refractivity contribution in [1.82, 2.24) is 14.7 Å². The number of anilines is 1. The van der Waals surface area contributed by atoms with Crippen LogP contribution in [0.1, 0.15) is 6.42 Å². The van der Waals surface area contributed by atoms with E-state index in [2.05, 4.69) is 16.6 Å². The fraction of sp³-hybridized carbons (Fsp3) is 0.538. The molecule has 98 valence electrons. The number of carbonyl (C=O) groups excluding carboxylic acids is 1. The van der Waals surface area contributed by atoms with Crippen LogP contribution in [0.5, 0.6) is 0 Å². The molecule has 2 heterocycles. The van der Waals surface area contributed by atoms with Gasteiger partial charge in [0.15, 0.2) is 0 Å². The normalized spacial score (nSPS) is 19.8. The second kappa shape index (κ2) is 5.35. The lowest BCUT2D eigenvalue weighted by Gasteiger charge is -2.13. The molecule has 0 bridgehead atoms. The van der Waals surface area contributed by atoms with Crippen LogP contribution in [0.2, 0.25) is 0 Å². The number of nitrogens with zero attached hydrogens (tertiary/aromatic N) is 4. The molecule has 2 rings (SSSR count). The Bertz CT molecular complexity index is 438. The Kier molecular flexibility index (Phi) is 3.81. The van der Waals surface area contributed by atoms with Gasteiger partial charge in [-0.1, -0.05) is 6.08 Å². The number of likely N-dealkylation sites (N-methyl/N-ethyl adjacent to an activating group) is 1. The summed E-state index contributed by atoms with van der Waals surface area (Å²) < 4.78 is 1.88. The summed E-state index contributed by atoms with van der Waals surface area (Å²) in [6, 6.07) is 0. The molecule has 0 aliphatic carbocycles. The van der Waals surface area contributed by atoms with Gasteiger partial charge in [-0.15, -0.1) is 6.58 Å². The molecule has 1 saturated heterocycles. The summed E-state index contributed by atoms with van der Waals surface area (Å²) in [5.41, 5.74) is 0.892. The number of rotatable bonds is 5. The van der Waals surface area contributed by atoms with Crippen molar-refractivity contribution >= 4 is 11.6 Å². The van der Waals surface area contributed by atoms with Gasteiger partial charge in [0.25, 0.3) is 0 Å². The van der Waals surface area contributed by atoms with Crippen molar-refractivity contribution in [1.29, 1.82) is 0 Å². The third-order valence-corrected chi connectivity index (χ3v) is 3.20. The maximum atomic E-state index is 11.9. The molecule has 1 amide bonds. The van der Waals surface area contributed by atoms with Crippen LogP contribution >= 0.6 is 0 Å². The molecule has 1 atom stereocenters. The molecule has 0 spiro atoms. The van der Waals surface area contributed by atoms with Crippen molar-refractivity contribution in [2.24, 2.45) is 5.92 Å². The number of aromatic nitrogens is 2. The Balaban J connectivity index is 2.01. The van der Waals surface area contributed by atoms with E-state index in [-0.39, 0.29) is 11.8 Å². The largest absolute Gasteiger partial charge is 0.309 e. The minimum absolute atomic E-state index is 0.159. The molecule has 1 aliphatic rings. The third kappa shape index (κ3) is 2.79. The zero-order chi connectivity index (χ0) is 13.1. The van der Waals surface area contributed by atoms with Gasteiger partial charge in [0.1, 0.15) is 0 Å². The van der Waals surface area contributed by atoms with E-state index in [0.29, 0.717) is 6.42 Å². The van der Waals surface area contributed by atoms with Gasteiger partial charge < -0.3 is 9.80 Å². The molecular weight excluding hydrogens is 228 g/mol. The highest BCUT2D eigenvalue weighted by atomic mass is 16.2.